The first-order valence-corrected chi connectivity index (χ1v) is 12.0. The summed E-state index contributed by atoms with van der Waals surface area (Å²) in [7, 11) is 0. The van der Waals surface area contributed by atoms with E-state index in [1.165, 1.54) is 64.0 Å². The van der Waals surface area contributed by atoms with Gasteiger partial charge in [0.15, 0.2) is 0 Å². The van der Waals surface area contributed by atoms with Crippen molar-refractivity contribution < 1.29 is 0 Å². The van der Waals surface area contributed by atoms with E-state index in [0.29, 0.717) is 6.04 Å². The van der Waals surface area contributed by atoms with Crippen LogP contribution in [0.4, 0.5) is 0 Å². The fourth-order valence-electron chi connectivity index (χ4n) is 5.63. The smallest absolute Gasteiger partial charge is 0.123 e. The van der Waals surface area contributed by atoms with Crippen LogP contribution in [0, 0.1) is 5.92 Å². The number of nitrogens with one attached hydrogen (secondary N) is 1. The SMILES string of the molecule is CC(c1ncc[nH]1)N1CCN(C[C@H]2C[C@H](c3ccc(CN4CCCC4)cc3)C2)CC1. The van der Waals surface area contributed by atoms with Gasteiger partial charge in [-0.15, -0.1) is 0 Å². The molecule has 0 amide bonds. The van der Waals surface area contributed by atoms with E-state index in [4.69, 9.17) is 0 Å². The number of benzene rings is 1. The molecule has 1 saturated carbocycles. The van der Waals surface area contributed by atoms with E-state index in [1.807, 2.05) is 12.4 Å². The number of H-pyrrole nitrogens is 1. The van der Waals surface area contributed by atoms with E-state index >= 15 is 0 Å². The molecule has 162 valence electrons. The van der Waals surface area contributed by atoms with Crippen molar-refractivity contribution in [3.8, 4) is 0 Å². The van der Waals surface area contributed by atoms with Gasteiger partial charge in [-0.3, -0.25) is 9.80 Å². The highest BCUT2D eigenvalue weighted by Crippen LogP contribution is 2.42. The van der Waals surface area contributed by atoms with Gasteiger partial charge in [0.1, 0.15) is 5.82 Å². The summed E-state index contributed by atoms with van der Waals surface area (Å²) in [5.74, 6) is 2.76. The van der Waals surface area contributed by atoms with Crippen molar-refractivity contribution >= 4 is 0 Å². The monoisotopic (exact) mass is 407 g/mol. The second-order valence-electron chi connectivity index (χ2n) is 9.75. The number of aromatic amines is 1. The Morgan fingerprint density at radius 3 is 2.37 bits per heavy atom. The van der Waals surface area contributed by atoms with Crippen molar-refractivity contribution in [3.05, 3.63) is 53.6 Å². The maximum atomic E-state index is 4.44. The number of hydrogen-bond acceptors (Lipinski definition) is 4. The van der Waals surface area contributed by atoms with Gasteiger partial charge in [0.05, 0.1) is 6.04 Å². The summed E-state index contributed by atoms with van der Waals surface area (Å²) in [5, 5.41) is 0. The Kier molecular flexibility index (Phi) is 6.21. The predicted molar refractivity (Wildman–Crippen MR) is 121 cm³/mol. The van der Waals surface area contributed by atoms with E-state index in [9.17, 15) is 0 Å². The normalized spacial score (nSPS) is 27.2. The molecule has 3 heterocycles. The summed E-state index contributed by atoms with van der Waals surface area (Å²) in [6, 6.07) is 9.95. The Hall–Kier alpha value is -1.69. The molecule has 0 spiro atoms. The van der Waals surface area contributed by atoms with Crippen LogP contribution in [0.1, 0.15) is 61.5 Å². The van der Waals surface area contributed by atoms with Gasteiger partial charge in [0.2, 0.25) is 0 Å². The summed E-state index contributed by atoms with van der Waals surface area (Å²) >= 11 is 0. The van der Waals surface area contributed by atoms with Crippen LogP contribution >= 0.6 is 0 Å². The Labute approximate surface area is 181 Å². The summed E-state index contributed by atoms with van der Waals surface area (Å²) in [5.41, 5.74) is 3.05. The maximum Gasteiger partial charge on any atom is 0.123 e. The third-order valence-electron chi connectivity index (χ3n) is 7.68. The zero-order valence-corrected chi connectivity index (χ0v) is 18.5. The molecule has 2 aliphatic heterocycles. The van der Waals surface area contributed by atoms with Gasteiger partial charge in [-0.05, 0) is 68.7 Å². The van der Waals surface area contributed by atoms with Gasteiger partial charge in [0.25, 0.3) is 0 Å². The van der Waals surface area contributed by atoms with E-state index in [2.05, 4.69) is 55.9 Å². The van der Waals surface area contributed by atoms with Crippen molar-refractivity contribution in [1.29, 1.82) is 0 Å². The zero-order chi connectivity index (χ0) is 20.3. The molecule has 0 bridgehead atoms. The first kappa shape index (κ1) is 20.2. The van der Waals surface area contributed by atoms with Crippen LogP contribution in [0.2, 0.25) is 0 Å². The molecule has 1 aliphatic carbocycles. The van der Waals surface area contributed by atoms with Gasteiger partial charge in [0, 0.05) is 51.7 Å². The van der Waals surface area contributed by atoms with Gasteiger partial charge in [-0.2, -0.15) is 0 Å². The Morgan fingerprint density at radius 2 is 1.70 bits per heavy atom. The van der Waals surface area contributed by atoms with Gasteiger partial charge >= 0.3 is 0 Å². The summed E-state index contributed by atoms with van der Waals surface area (Å²) < 4.78 is 0. The zero-order valence-electron chi connectivity index (χ0n) is 18.5. The Morgan fingerprint density at radius 1 is 0.967 bits per heavy atom. The summed E-state index contributed by atoms with van der Waals surface area (Å²) in [6.07, 6.45) is 9.27. The average molecular weight is 408 g/mol. The molecule has 1 unspecified atom stereocenters. The molecule has 2 aromatic rings. The molecule has 5 rings (SSSR count). The highest BCUT2D eigenvalue weighted by atomic mass is 15.3. The van der Waals surface area contributed by atoms with Gasteiger partial charge in [-0.25, -0.2) is 4.98 Å². The first-order chi connectivity index (χ1) is 14.7. The van der Waals surface area contributed by atoms with Crippen LogP contribution in [0.25, 0.3) is 0 Å². The topological polar surface area (TPSA) is 38.4 Å². The maximum absolute atomic E-state index is 4.44. The van der Waals surface area contributed by atoms with E-state index in [0.717, 1.165) is 37.3 Å². The van der Waals surface area contributed by atoms with Crippen LogP contribution in [0.5, 0.6) is 0 Å². The van der Waals surface area contributed by atoms with Gasteiger partial charge in [-0.1, -0.05) is 24.3 Å². The van der Waals surface area contributed by atoms with Crippen molar-refractivity contribution in [2.24, 2.45) is 5.92 Å². The molecule has 1 atom stereocenters. The van der Waals surface area contributed by atoms with Crippen LogP contribution < -0.4 is 0 Å². The second kappa shape index (κ2) is 9.21. The lowest BCUT2D eigenvalue weighted by Crippen LogP contribution is -2.49. The number of nitrogens with zero attached hydrogens (tertiary/aromatic N) is 4. The molecular weight excluding hydrogens is 370 g/mol. The van der Waals surface area contributed by atoms with Crippen LogP contribution in [0.3, 0.4) is 0 Å². The van der Waals surface area contributed by atoms with E-state index < -0.39 is 0 Å². The predicted octanol–water partition coefficient (Wildman–Crippen LogP) is 3.88. The molecule has 0 radical (unpaired) electrons. The van der Waals surface area contributed by atoms with Gasteiger partial charge < -0.3 is 9.88 Å². The molecule has 3 fully saturated rings. The molecule has 1 aromatic heterocycles. The fraction of sp³-hybridized carbons (Fsp3) is 0.640. The van der Waals surface area contributed by atoms with Crippen molar-refractivity contribution in [3.63, 3.8) is 0 Å². The van der Waals surface area contributed by atoms with E-state index in [-0.39, 0.29) is 0 Å². The highest BCUT2D eigenvalue weighted by molar-refractivity contribution is 5.27. The van der Waals surface area contributed by atoms with Crippen LogP contribution in [0.15, 0.2) is 36.7 Å². The quantitative estimate of drug-likeness (QED) is 0.756. The molecule has 1 aromatic carbocycles. The molecule has 3 aliphatic rings. The fourth-order valence-corrected chi connectivity index (χ4v) is 5.63. The lowest BCUT2D eigenvalue weighted by molar-refractivity contribution is 0.0725. The summed E-state index contributed by atoms with van der Waals surface area (Å²) in [6.45, 7) is 11.9. The molecule has 5 heteroatoms. The molecule has 5 nitrogen and oxygen atoms in total. The number of rotatable bonds is 7. The lowest BCUT2D eigenvalue weighted by Gasteiger charge is -2.42. The molecular formula is C25H37N5. The van der Waals surface area contributed by atoms with Crippen LogP contribution in [-0.2, 0) is 6.54 Å². The standard InChI is InChI=1S/C25H37N5/c1-20(25-26-8-9-27-25)30-14-12-29(13-15-30)19-22-16-24(17-22)23-6-4-21(5-7-23)18-28-10-2-3-11-28/h4-9,20,22,24H,2-3,10-19H2,1H3,(H,26,27)/t20?,22-,24-. The minimum atomic E-state index is 0.392. The highest BCUT2D eigenvalue weighted by Gasteiger charge is 2.33. The molecule has 30 heavy (non-hydrogen) atoms. The third-order valence-corrected chi connectivity index (χ3v) is 7.68. The first-order valence-electron chi connectivity index (χ1n) is 12.0. The number of imidazole rings is 1. The second-order valence-corrected chi connectivity index (χ2v) is 9.75. The Balaban J connectivity index is 1.03. The average Bonchev–Trinajstić information content (AvgIpc) is 3.46. The minimum Gasteiger partial charge on any atom is -0.347 e. The van der Waals surface area contributed by atoms with E-state index in [1.54, 1.807) is 5.56 Å². The number of hydrogen-bond donors (Lipinski definition) is 1. The van der Waals surface area contributed by atoms with Crippen molar-refractivity contribution in [1.82, 2.24) is 24.7 Å². The van der Waals surface area contributed by atoms with Crippen molar-refractivity contribution in [2.75, 3.05) is 45.8 Å². The minimum absolute atomic E-state index is 0.392. The third kappa shape index (κ3) is 4.63. The van der Waals surface area contributed by atoms with Crippen LogP contribution in [-0.4, -0.2) is 70.5 Å². The molecule has 1 N–H and O–H groups in total. The number of piperazine rings is 1. The largest absolute Gasteiger partial charge is 0.347 e. The molecule has 2 saturated heterocycles. The Bertz CT molecular complexity index is 766. The number of likely N-dealkylation sites (tertiary alicyclic amines) is 1. The lowest BCUT2D eigenvalue weighted by atomic mass is 9.71. The van der Waals surface area contributed by atoms with Crippen molar-refractivity contribution in [2.45, 2.75) is 51.1 Å². The summed E-state index contributed by atoms with van der Waals surface area (Å²) in [4.78, 5) is 15.5. The number of aromatic nitrogens is 2.